The molecule has 0 saturated heterocycles. The van der Waals surface area contributed by atoms with Crippen LogP contribution in [-0.4, -0.2) is 27.3 Å². The molecule has 0 radical (unpaired) electrons. The molecule has 0 spiro atoms. The average Bonchev–Trinajstić information content (AvgIpc) is 3.52. The van der Waals surface area contributed by atoms with Gasteiger partial charge in [0, 0.05) is 23.2 Å². The summed E-state index contributed by atoms with van der Waals surface area (Å²) in [6, 6.07) is 14.4. The molecule has 206 valence electrons. The number of hydrogen-bond donors (Lipinski definition) is 2. The molecular weight excluding hydrogens is 526 g/mol. The third kappa shape index (κ3) is 4.77. The molecule has 2 aliphatic rings. The number of carboxylic acids is 1. The molecule has 2 N–H and O–H groups in total. The zero-order chi connectivity index (χ0) is 28.2. The van der Waals surface area contributed by atoms with E-state index in [9.17, 15) is 22.4 Å². The standard InChI is InChI=1S/C30H25F4N3O3/c1-15-11-18(6-8-21(15)23-3-2-4-24(31)26(23)30(32,33)34)28-36-27(37-40-28)17-5-9-22-16(12-17)7-10-25(22)35-20-13-19(14-20)29(38)39/h2-6,8-9,11-12,19-20,25,35H,7,10,13-14H2,1H3,(H,38,39)/t19-,20-,25?. The van der Waals surface area contributed by atoms with Gasteiger partial charge in [-0.05, 0) is 84.7 Å². The van der Waals surface area contributed by atoms with Crippen LogP contribution >= 0.6 is 0 Å². The molecule has 10 heteroatoms. The van der Waals surface area contributed by atoms with Gasteiger partial charge in [-0.15, -0.1) is 0 Å². The SMILES string of the molecule is Cc1cc(-c2nc(-c3ccc4c(c3)CCC4N[C@H]3C[C@H](C(=O)O)C3)no2)ccc1-c1cccc(F)c1C(F)(F)F. The Morgan fingerprint density at radius 1 is 1.05 bits per heavy atom. The van der Waals surface area contributed by atoms with Crippen LogP contribution in [0.1, 0.15) is 47.6 Å². The summed E-state index contributed by atoms with van der Waals surface area (Å²) in [4.78, 5) is 15.6. The maximum Gasteiger partial charge on any atom is 0.419 e. The van der Waals surface area contributed by atoms with Gasteiger partial charge in [0.25, 0.3) is 5.89 Å². The monoisotopic (exact) mass is 551 g/mol. The van der Waals surface area contributed by atoms with E-state index in [4.69, 9.17) is 9.63 Å². The highest BCUT2D eigenvalue weighted by atomic mass is 19.4. The van der Waals surface area contributed by atoms with Gasteiger partial charge in [0.05, 0.1) is 11.5 Å². The first-order chi connectivity index (χ1) is 19.1. The average molecular weight is 552 g/mol. The molecule has 0 bridgehead atoms. The zero-order valence-corrected chi connectivity index (χ0v) is 21.4. The molecular formula is C30H25F4N3O3. The summed E-state index contributed by atoms with van der Waals surface area (Å²) < 4.78 is 60.3. The molecule has 1 saturated carbocycles. The number of alkyl halides is 3. The van der Waals surface area contributed by atoms with Crippen LogP contribution in [0.2, 0.25) is 0 Å². The van der Waals surface area contributed by atoms with Crippen LogP contribution in [0.25, 0.3) is 34.0 Å². The van der Waals surface area contributed by atoms with E-state index in [1.807, 2.05) is 18.2 Å². The van der Waals surface area contributed by atoms with E-state index >= 15 is 0 Å². The maximum absolute atomic E-state index is 14.1. The summed E-state index contributed by atoms with van der Waals surface area (Å²) in [7, 11) is 0. The second kappa shape index (κ2) is 9.85. The first-order valence-corrected chi connectivity index (χ1v) is 13.0. The van der Waals surface area contributed by atoms with E-state index in [1.54, 1.807) is 19.1 Å². The highest BCUT2D eigenvalue weighted by Crippen LogP contribution is 2.41. The first-order valence-electron chi connectivity index (χ1n) is 13.0. The van der Waals surface area contributed by atoms with Crippen molar-refractivity contribution in [3.8, 4) is 34.0 Å². The van der Waals surface area contributed by atoms with Crippen LogP contribution in [0.3, 0.4) is 0 Å². The van der Waals surface area contributed by atoms with Crippen molar-refractivity contribution < 1.29 is 32.0 Å². The number of nitrogens with one attached hydrogen (secondary N) is 1. The van der Waals surface area contributed by atoms with Gasteiger partial charge >= 0.3 is 12.1 Å². The minimum atomic E-state index is -4.83. The summed E-state index contributed by atoms with van der Waals surface area (Å²) in [5.74, 6) is -1.70. The number of nitrogens with zero attached hydrogens (tertiary/aromatic N) is 2. The largest absolute Gasteiger partial charge is 0.481 e. The molecule has 2 aliphatic carbocycles. The van der Waals surface area contributed by atoms with Gasteiger partial charge in [-0.3, -0.25) is 4.79 Å². The lowest BCUT2D eigenvalue weighted by Crippen LogP contribution is -2.45. The third-order valence-electron chi connectivity index (χ3n) is 7.89. The van der Waals surface area contributed by atoms with E-state index in [0.717, 1.165) is 24.5 Å². The van der Waals surface area contributed by atoms with Crippen molar-refractivity contribution in [3.05, 3.63) is 82.7 Å². The van der Waals surface area contributed by atoms with E-state index < -0.39 is 23.5 Å². The Balaban J connectivity index is 1.21. The molecule has 40 heavy (non-hydrogen) atoms. The Bertz CT molecular complexity index is 1610. The van der Waals surface area contributed by atoms with Crippen molar-refractivity contribution >= 4 is 5.97 Å². The second-order valence-corrected chi connectivity index (χ2v) is 10.5. The first kappa shape index (κ1) is 26.2. The number of hydrogen-bond acceptors (Lipinski definition) is 5. The van der Waals surface area contributed by atoms with Crippen molar-refractivity contribution in [1.29, 1.82) is 0 Å². The lowest BCUT2D eigenvalue weighted by molar-refractivity contribution is -0.145. The maximum atomic E-state index is 14.1. The Morgan fingerprint density at radius 2 is 1.82 bits per heavy atom. The summed E-state index contributed by atoms with van der Waals surface area (Å²) in [5, 5.41) is 16.8. The van der Waals surface area contributed by atoms with Gasteiger partial charge in [-0.1, -0.05) is 35.5 Å². The Morgan fingerprint density at radius 3 is 2.55 bits per heavy atom. The number of carbonyl (C=O) groups is 1. The van der Waals surface area contributed by atoms with Crippen molar-refractivity contribution in [1.82, 2.24) is 15.5 Å². The van der Waals surface area contributed by atoms with Gasteiger partial charge in [-0.2, -0.15) is 18.2 Å². The van der Waals surface area contributed by atoms with Crippen LogP contribution in [0, 0.1) is 18.7 Å². The molecule has 1 unspecified atom stereocenters. The normalized spacial score (nSPS) is 20.3. The molecule has 6 rings (SSSR count). The van der Waals surface area contributed by atoms with E-state index in [0.29, 0.717) is 29.8 Å². The number of aryl methyl sites for hydroxylation is 2. The van der Waals surface area contributed by atoms with E-state index in [1.165, 1.54) is 29.3 Å². The van der Waals surface area contributed by atoms with Crippen LogP contribution in [0.4, 0.5) is 17.6 Å². The Labute approximate surface area is 227 Å². The summed E-state index contributed by atoms with van der Waals surface area (Å²) in [6.07, 6.45) is -1.73. The number of benzene rings is 3. The van der Waals surface area contributed by atoms with Gasteiger partial charge in [0.15, 0.2) is 0 Å². The molecule has 0 amide bonds. The lowest BCUT2D eigenvalue weighted by Gasteiger charge is -2.35. The molecule has 1 heterocycles. The third-order valence-corrected chi connectivity index (χ3v) is 7.89. The molecule has 3 aromatic carbocycles. The molecule has 6 nitrogen and oxygen atoms in total. The number of fused-ring (bicyclic) bond motifs is 1. The van der Waals surface area contributed by atoms with Crippen LogP contribution in [0.15, 0.2) is 59.1 Å². The Hall–Kier alpha value is -4.05. The molecule has 1 atom stereocenters. The molecule has 4 aromatic rings. The van der Waals surface area contributed by atoms with E-state index in [-0.39, 0.29) is 35.0 Å². The van der Waals surface area contributed by atoms with Crippen LogP contribution in [-0.2, 0) is 17.4 Å². The van der Waals surface area contributed by atoms with Crippen molar-refractivity contribution in [3.63, 3.8) is 0 Å². The topological polar surface area (TPSA) is 88.2 Å². The predicted molar refractivity (Wildman–Crippen MR) is 139 cm³/mol. The van der Waals surface area contributed by atoms with Crippen molar-refractivity contribution in [2.75, 3.05) is 0 Å². The highest BCUT2D eigenvalue weighted by molar-refractivity contribution is 5.75. The molecule has 1 fully saturated rings. The molecule has 1 aromatic heterocycles. The smallest absolute Gasteiger partial charge is 0.419 e. The zero-order valence-electron chi connectivity index (χ0n) is 21.4. The fraction of sp³-hybridized carbons (Fsp3) is 0.300. The summed E-state index contributed by atoms with van der Waals surface area (Å²) >= 11 is 0. The fourth-order valence-corrected chi connectivity index (χ4v) is 5.76. The second-order valence-electron chi connectivity index (χ2n) is 10.5. The summed E-state index contributed by atoms with van der Waals surface area (Å²) in [5.41, 5.74) is 2.93. The van der Waals surface area contributed by atoms with Crippen molar-refractivity contribution in [2.45, 2.75) is 50.9 Å². The Kier molecular flexibility index (Phi) is 6.45. The van der Waals surface area contributed by atoms with E-state index in [2.05, 4.69) is 15.5 Å². The fourth-order valence-electron chi connectivity index (χ4n) is 5.76. The van der Waals surface area contributed by atoms with Gasteiger partial charge in [0.1, 0.15) is 5.82 Å². The van der Waals surface area contributed by atoms with Crippen LogP contribution in [0.5, 0.6) is 0 Å². The quantitative estimate of drug-likeness (QED) is 0.252. The number of rotatable bonds is 6. The highest BCUT2D eigenvalue weighted by Gasteiger charge is 2.38. The summed E-state index contributed by atoms with van der Waals surface area (Å²) in [6.45, 7) is 1.65. The lowest BCUT2D eigenvalue weighted by atomic mass is 9.80. The number of aliphatic carboxylic acids is 1. The van der Waals surface area contributed by atoms with Gasteiger partial charge < -0.3 is 14.9 Å². The minimum Gasteiger partial charge on any atom is -0.481 e. The van der Waals surface area contributed by atoms with Crippen LogP contribution < -0.4 is 5.32 Å². The number of carboxylic acid groups (broad SMARTS) is 1. The van der Waals surface area contributed by atoms with Gasteiger partial charge in [0.2, 0.25) is 5.82 Å². The number of halogens is 4. The van der Waals surface area contributed by atoms with Crippen molar-refractivity contribution in [2.24, 2.45) is 5.92 Å². The minimum absolute atomic E-state index is 0.182. The molecule has 0 aliphatic heterocycles. The predicted octanol–water partition coefficient (Wildman–Crippen LogP) is 6.98. The van der Waals surface area contributed by atoms with Gasteiger partial charge in [-0.25, -0.2) is 4.39 Å². The number of aromatic nitrogens is 2.